The zero-order valence-electron chi connectivity index (χ0n) is 12.3. The number of carboxylic acid groups (broad SMARTS) is 1. The quantitative estimate of drug-likeness (QED) is 0.751. The lowest BCUT2D eigenvalue weighted by atomic mass is 9.80. The lowest BCUT2D eigenvalue weighted by molar-refractivity contribution is -0.143. The average molecular weight is 286 g/mol. The summed E-state index contributed by atoms with van der Waals surface area (Å²) in [6.07, 6.45) is 7.62. The molecule has 5 N–H and O–H groups in total. The fourth-order valence-electron chi connectivity index (χ4n) is 3.08. The monoisotopic (exact) mass is 286 g/mol. The summed E-state index contributed by atoms with van der Waals surface area (Å²) < 4.78 is 0. The van der Waals surface area contributed by atoms with Crippen LogP contribution in [0.1, 0.15) is 18.4 Å². The van der Waals surface area contributed by atoms with Gasteiger partial charge in [-0.15, -0.1) is 0 Å². The first-order chi connectivity index (χ1) is 9.68. The maximum atomic E-state index is 10.9. The Morgan fingerprint density at radius 2 is 2.05 bits per heavy atom. The molecule has 0 aromatic heterocycles. The Hall–Kier alpha value is -2.07. The van der Waals surface area contributed by atoms with Crippen LogP contribution in [0.4, 0.5) is 0 Å². The van der Waals surface area contributed by atoms with E-state index in [1.165, 1.54) is 16.7 Å². The third kappa shape index (κ3) is 3.00. The molecule has 4 aliphatic rings. The van der Waals surface area contributed by atoms with E-state index < -0.39 is 5.97 Å². The van der Waals surface area contributed by atoms with Crippen LogP contribution < -0.4 is 11.5 Å². The molecule has 1 saturated heterocycles. The summed E-state index contributed by atoms with van der Waals surface area (Å²) in [5.41, 5.74) is 5.53. The molecule has 0 saturated carbocycles. The van der Waals surface area contributed by atoms with Gasteiger partial charge in [0.1, 0.15) is 0 Å². The zero-order chi connectivity index (χ0) is 14.1. The Bertz CT molecular complexity index is 585. The summed E-state index contributed by atoms with van der Waals surface area (Å²) in [7, 11) is 0. The normalized spacial score (nSPS) is 23.4. The van der Waals surface area contributed by atoms with Crippen LogP contribution in [0.15, 0.2) is 42.1 Å². The van der Waals surface area contributed by atoms with E-state index in [2.05, 4.69) is 30.4 Å². The third-order valence-electron chi connectivity index (χ3n) is 4.35. The summed E-state index contributed by atoms with van der Waals surface area (Å²) in [6, 6.07) is 6.41. The lowest BCUT2D eigenvalue weighted by Gasteiger charge is -2.33. The van der Waals surface area contributed by atoms with E-state index in [1.807, 2.05) is 18.2 Å². The van der Waals surface area contributed by atoms with Crippen LogP contribution in [0.5, 0.6) is 0 Å². The van der Waals surface area contributed by atoms with Gasteiger partial charge < -0.3 is 16.6 Å². The number of aliphatic carboxylic acids is 1. The van der Waals surface area contributed by atoms with Crippen molar-refractivity contribution in [1.82, 2.24) is 11.5 Å². The molecule has 1 heterocycles. The average Bonchev–Trinajstić information content (AvgIpc) is 2.90. The fraction of sp³-hybridized carbons (Fsp3) is 0.353. The molecule has 0 bridgehead atoms. The van der Waals surface area contributed by atoms with Crippen LogP contribution in [0, 0.1) is 18.8 Å². The molecule has 0 aromatic carbocycles. The number of aryl methyl sites for hydroxylation is 1. The Labute approximate surface area is 125 Å². The maximum absolute atomic E-state index is 10.9. The molecule has 0 amide bonds. The number of piperidine rings is 1. The predicted octanol–water partition coefficient (Wildman–Crippen LogP) is 3.28. The topological polar surface area (TPSA) is 84.3 Å². The van der Waals surface area contributed by atoms with Gasteiger partial charge in [-0.25, -0.2) is 0 Å². The van der Waals surface area contributed by atoms with Crippen molar-refractivity contribution >= 4 is 5.97 Å². The van der Waals surface area contributed by atoms with E-state index in [4.69, 9.17) is 5.11 Å². The van der Waals surface area contributed by atoms with E-state index in [-0.39, 0.29) is 18.0 Å². The van der Waals surface area contributed by atoms with Crippen LogP contribution >= 0.6 is 0 Å². The van der Waals surface area contributed by atoms with Crippen LogP contribution in [-0.2, 0) is 4.79 Å². The molecule has 1 fully saturated rings. The molecule has 2 atom stereocenters. The molecule has 0 radical (unpaired) electrons. The van der Waals surface area contributed by atoms with Gasteiger partial charge in [0.05, 0.1) is 5.92 Å². The number of allylic oxidation sites excluding steroid dienone is 4. The fourth-order valence-corrected chi connectivity index (χ4v) is 3.08. The van der Waals surface area contributed by atoms with Crippen LogP contribution in [0.3, 0.4) is 0 Å². The minimum Gasteiger partial charge on any atom is -0.481 e. The first kappa shape index (κ1) is 15.3. The molecular weight excluding hydrogens is 264 g/mol. The predicted molar refractivity (Wildman–Crippen MR) is 84.3 cm³/mol. The first-order valence-corrected chi connectivity index (χ1v) is 7.12. The van der Waals surface area contributed by atoms with Gasteiger partial charge >= 0.3 is 5.97 Å². The molecule has 2 unspecified atom stereocenters. The third-order valence-corrected chi connectivity index (χ3v) is 4.35. The van der Waals surface area contributed by atoms with Gasteiger partial charge in [-0.05, 0) is 42.5 Å². The molecule has 112 valence electrons. The van der Waals surface area contributed by atoms with E-state index in [0.717, 1.165) is 25.1 Å². The molecule has 21 heavy (non-hydrogen) atoms. The largest absolute Gasteiger partial charge is 0.481 e. The number of nitrogens with one attached hydrogen (secondary N) is 1. The smallest absolute Gasteiger partial charge is 0.307 e. The van der Waals surface area contributed by atoms with Gasteiger partial charge in [0.2, 0.25) is 0 Å². The summed E-state index contributed by atoms with van der Waals surface area (Å²) in [6.45, 7) is 2.94. The molecule has 4 heteroatoms. The Balaban J connectivity index is 0.000000170. The number of fused-ring (bicyclic) bond motifs is 2. The van der Waals surface area contributed by atoms with Crippen molar-refractivity contribution in [3.8, 4) is 11.1 Å². The van der Waals surface area contributed by atoms with Crippen LogP contribution in [0.2, 0.25) is 0 Å². The highest BCUT2D eigenvalue weighted by Crippen LogP contribution is 2.41. The number of rotatable bonds is 1. The summed E-state index contributed by atoms with van der Waals surface area (Å²) >= 11 is 0. The van der Waals surface area contributed by atoms with Gasteiger partial charge in [0, 0.05) is 18.2 Å². The molecule has 3 aliphatic carbocycles. The number of benzene rings is 1. The number of carbonyl (C=O) groups is 1. The van der Waals surface area contributed by atoms with Crippen molar-refractivity contribution in [2.45, 2.75) is 19.8 Å². The Morgan fingerprint density at radius 1 is 1.33 bits per heavy atom. The highest BCUT2D eigenvalue weighted by molar-refractivity contribution is 5.88. The molecule has 1 aliphatic heterocycles. The highest BCUT2D eigenvalue weighted by Gasteiger charge is 2.33. The number of hydrogen-bond donors (Lipinski definition) is 3. The van der Waals surface area contributed by atoms with Gasteiger partial charge in [0.25, 0.3) is 0 Å². The second-order valence-electron chi connectivity index (χ2n) is 5.53. The lowest BCUT2D eigenvalue weighted by Crippen LogP contribution is -2.38. The van der Waals surface area contributed by atoms with Crippen LogP contribution in [-0.4, -0.2) is 17.6 Å². The first-order valence-electron chi connectivity index (χ1n) is 7.12. The molecular formula is C17H22N2O2. The van der Waals surface area contributed by atoms with Crippen molar-refractivity contribution in [2.75, 3.05) is 6.54 Å². The molecule has 4 rings (SSSR count). The maximum Gasteiger partial charge on any atom is 0.307 e. The second kappa shape index (κ2) is 6.14. The number of hydrogen-bond acceptors (Lipinski definition) is 3. The molecule has 0 aromatic rings. The van der Waals surface area contributed by atoms with E-state index in [1.54, 1.807) is 0 Å². The van der Waals surface area contributed by atoms with Crippen molar-refractivity contribution < 1.29 is 9.90 Å². The number of carboxylic acids is 1. The Kier molecular flexibility index (Phi) is 4.48. The van der Waals surface area contributed by atoms with Crippen molar-refractivity contribution in [3.05, 3.63) is 47.7 Å². The van der Waals surface area contributed by atoms with E-state index >= 15 is 0 Å². The van der Waals surface area contributed by atoms with Gasteiger partial charge in [-0.1, -0.05) is 30.4 Å². The van der Waals surface area contributed by atoms with Crippen molar-refractivity contribution in [3.63, 3.8) is 0 Å². The van der Waals surface area contributed by atoms with Gasteiger partial charge in [-0.2, -0.15) is 0 Å². The summed E-state index contributed by atoms with van der Waals surface area (Å²) in [5, 5.41) is 12.3. The van der Waals surface area contributed by atoms with Crippen molar-refractivity contribution in [2.24, 2.45) is 11.8 Å². The standard InChI is InChI=1S/C10H13NO2.C7H6.H3N/c12-10(13)8-5-6-11-9-4-2-1-3-7(8)9;1-5-6-3-2-4-7(5)6;/h1-2,4,7-8,11H,3,5-6H2,(H,12,13);2-4H,1H3;1H3. The van der Waals surface area contributed by atoms with Gasteiger partial charge in [0.15, 0.2) is 0 Å². The van der Waals surface area contributed by atoms with E-state index in [9.17, 15) is 4.79 Å². The molecule has 0 spiro atoms. The minimum atomic E-state index is -0.660. The highest BCUT2D eigenvalue weighted by atomic mass is 16.4. The molecule has 4 nitrogen and oxygen atoms in total. The second-order valence-corrected chi connectivity index (χ2v) is 5.53. The zero-order valence-corrected chi connectivity index (χ0v) is 12.3. The SMILES string of the molecule is Cc1c2cccc1-2.N.O=C(O)C1CCNC2=CC=CCC21. The van der Waals surface area contributed by atoms with Gasteiger partial charge in [-0.3, -0.25) is 4.79 Å². The van der Waals surface area contributed by atoms with Crippen LogP contribution in [0.25, 0.3) is 11.1 Å². The van der Waals surface area contributed by atoms with Crippen molar-refractivity contribution in [1.29, 1.82) is 0 Å². The van der Waals surface area contributed by atoms with E-state index in [0.29, 0.717) is 0 Å². The summed E-state index contributed by atoms with van der Waals surface area (Å²) in [5.74, 6) is -0.679. The minimum absolute atomic E-state index is 0. The summed E-state index contributed by atoms with van der Waals surface area (Å²) in [4.78, 5) is 10.9. The Morgan fingerprint density at radius 3 is 2.62 bits per heavy atom.